The Morgan fingerprint density at radius 2 is 1.86 bits per heavy atom. The number of hydrogen-bond acceptors (Lipinski definition) is 6. The summed E-state index contributed by atoms with van der Waals surface area (Å²) in [6.45, 7) is 0.669. The summed E-state index contributed by atoms with van der Waals surface area (Å²) in [7, 11) is 0. The molecule has 0 bridgehead atoms. The molecular formula is C21H21N3O2S2. The van der Waals surface area contributed by atoms with Gasteiger partial charge in [0.1, 0.15) is 5.75 Å². The fourth-order valence-electron chi connectivity index (χ4n) is 3.00. The van der Waals surface area contributed by atoms with Crippen LogP contribution in [-0.2, 0) is 4.79 Å². The molecule has 1 N–H and O–H groups in total. The molecule has 0 aliphatic heterocycles. The van der Waals surface area contributed by atoms with Gasteiger partial charge in [0.25, 0.3) is 0 Å². The highest BCUT2D eigenvalue weighted by atomic mass is 32.2. The molecule has 1 aliphatic rings. The number of aromatic nitrogens is 2. The molecule has 2 atom stereocenters. The number of ether oxygens (including phenoxy) is 1. The lowest BCUT2D eigenvalue weighted by molar-refractivity contribution is -0.117. The van der Waals surface area contributed by atoms with Crippen LogP contribution in [0.15, 0.2) is 65.0 Å². The summed E-state index contributed by atoms with van der Waals surface area (Å²) in [4.78, 5) is 12.4. The minimum absolute atomic E-state index is 0.0394. The topological polar surface area (TPSA) is 64.1 Å². The number of rotatable bonds is 9. The summed E-state index contributed by atoms with van der Waals surface area (Å²) in [6.07, 6.45) is 1.82. The molecule has 1 heterocycles. The van der Waals surface area contributed by atoms with E-state index in [4.69, 9.17) is 4.74 Å². The van der Waals surface area contributed by atoms with E-state index in [2.05, 4.69) is 27.6 Å². The van der Waals surface area contributed by atoms with E-state index >= 15 is 0 Å². The number of para-hydroxylation sites is 1. The van der Waals surface area contributed by atoms with Gasteiger partial charge in [-0.25, -0.2) is 0 Å². The number of nitrogens with one attached hydrogen (secondary N) is 1. The zero-order valence-electron chi connectivity index (χ0n) is 15.3. The van der Waals surface area contributed by atoms with Crippen molar-refractivity contribution in [1.82, 2.24) is 10.2 Å². The number of thioether (sulfide) groups is 1. The van der Waals surface area contributed by atoms with Gasteiger partial charge < -0.3 is 10.1 Å². The van der Waals surface area contributed by atoms with E-state index in [0.29, 0.717) is 17.7 Å². The maximum atomic E-state index is 12.4. The highest BCUT2D eigenvalue weighted by Gasteiger charge is 2.44. The van der Waals surface area contributed by atoms with E-state index in [1.165, 1.54) is 16.9 Å². The summed E-state index contributed by atoms with van der Waals surface area (Å²) >= 11 is 3.06. The highest BCUT2D eigenvalue weighted by Crippen LogP contribution is 2.48. The van der Waals surface area contributed by atoms with Gasteiger partial charge in [-0.3, -0.25) is 4.79 Å². The summed E-state index contributed by atoms with van der Waals surface area (Å²) in [5, 5.41) is 11.7. The van der Waals surface area contributed by atoms with Crippen molar-refractivity contribution in [3.05, 3.63) is 66.2 Å². The van der Waals surface area contributed by atoms with Crippen molar-refractivity contribution in [1.29, 1.82) is 0 Å². The second kappa shape index (κ2) is 9.21. The van der Waals surface area contributed by atoms with E-state index in [9.17, 15) is 4.79 Å². The van der Waals surface area contributed by atoms with Crippen LogP contribution in [0.3, 0.4) is 0 Å². The summed E-state index contributed by atoms with van der Waals surface area (Å²) in [5.41, 5.74) is 1.23. The third kappa shape index (κ3) is 5.11. The Kier molecular flexibility index (Phi) is 6.24. The second-order valence-corrected chi connectivity index (χ2v) is 8.90. The zero-order chi connectivity index (χ0) is 19.2. The normalized spacial score (nSPS) is 17.9. The first kappa shape index (κ1) is 19.0. The van der Waals surface area contributed by atoms with E-state index in [1.807, 2.05) is 48.5 Å². The van der Waals surface area contributed by atoms with Gasteiger partial charge in [0, 0.05) is 11.7 Å². The lowest BCUT2D eigenvalue weighted by atomic mass is 10.1. The Bertz CT molecular complexity index is 902. The van der Waals surface area contributed by atoms with E-state index in [0.717, 1.165) is 28.7 Å². The SMILES string of the molecule is O=C(Nc1nnc(SCCCOc2ccccc2)s1)C1C[C@H]1c1ccccc1. The van der Waals surface area contributed by atoms with Crippen LogP contribution in [0.1, 0.15) is 24.3 Å². The molecule has 1 unspecified atom stereocenters. The quantitative estimate of drug-likeness (QED) is 0.310. The minimum Gasteiger partial charge on any atom is -0.494 e. The smallest absolute Gasteiger partial charge is 0.229 e. The van der Waals surface area contributed by atoms with Crippen LogP contribution in [0.2, 0.25) is 0 Å². The summed E-state index contributed by atoms with van der Waals surface area (Å²) < 4.78 is 6.54. The zero-order valence-corrected chi connectivity index (χ0v) is 16.9. The number of nitrogens with zero attached hydrogens (tertiary/aromatic N) is 2. The first-order chi connectivity index (χ1) is 13.8. The molecule has 144 valence electrons. The van der Waals surface area contributed by atoms with Gasteiger partial charge in [-0.15, -0.1) is 10.2 Å². The first-order valence-electron chi connectivity index (χ1n) is 9.29. The Balaban J connectivity index is 1.17. The third-order valence-corrected chi connectivity index (χ3v) is 6.58. The second-order valence-electron chi connectivity index (χ2n) is 6.59. The number of carbonyl (C=O) groups excluding carboxylic acids is 1. The fourth-order valence-corrected chi connectivity index (χ4v) is 4.73. The highest BCUT2D eigenvalue weighted by molar-refractivity contribution is 8.01. The molecule has 0 saturated heterocycles. The van der Waals surface area contributed by atoms with Crippen LogP contribution in [0.4, 0.5) is 5.13 Å². The van der Waals surface area contributed by atoms with Crippen molar-refractivity contribution in [3.8, 4) is 5.75 Å². The van der Waals surface area contributed by atoms with E-state index in [1.54, 1.807) is 11.8 Å². The summed E-state index contributed by atoms with van der Waals surface area (Å²) in [6, 6.07) is 20.0. The van der Waals surface area contributed by atoms with Gasteiger partial charge in [0.05, 0.1) is 6.61 Å². The predicted molar refractivity (Wildman–Crippen MR) is 113 cm³/mol. The van der Waals surface area contributed by atoms with E-state index < -0.39 is 0 Å². The molecule has 28 heavy (non-hydrogen) atoms. The lowest BCUT2D eigenvalue weighted by Crippen LogP contribution is -2.14. The molecule has 1 saturated carbocycles. The molecule has 1 fully saturated rings. The Morgan fingerprint density at radius 1 is 1.11 bits per heavy atom. The number of hydrogen-bond donors (Lipinski definition) is 1. The van der Waals surface area contributed by atoms with E-state index in [-0.39, 0.29) is 11.8 Å². The van der Waals surface area contributed by atoms with Crippen LogP contribution >= 0.6 is 23.1 Å². The number of benzene rings is 2. The van der Waals surface area contributed by atoms with Crippen LogP contribution in [0.25, 0.3) is 0 Å². The number of amides is 1. The Morgan fingerprint density at radius 3 is 2.64 bits per heavy atom. The molecule has 7 heteroatoms. The van der Waals surface area contributed by atoms with Gasteiger partial charge in [-0.2, -0.15) is 0 Å². The van der Waals surface area contributed by atoms with Gasteiger partial charge in [0.2, 0.25) is 11.0 Å². The minimum atomic E-state index is 0.0394. The van der Waals surface area contributed by atoms with Crippen molar-refractivity contribution in [2.24, 2.45) is 5.92 Å². The molecule has 1 amide bonds. The molecule has 0 radical (unpaired) electrons. The standard InChI is InChI=1S/C21H21N3O2S2/c25-19(18-14-17(18)15-8-3-1-4-9-15)22-20-23-24-21(28-20)27-13-7-12-26-16-10-5-2-6-11-16/h1-6,8-11,17-18H,7,12-14H2,(H,22,23,25)/t17-,18?/m0/s1. The predicted octanol–water partition coefficient (Wildman–Crippen LogP) is 4.84. The molecule has 1 aliphatic carbocycles. The molecule has 3 aromatic rings. The molecule has 2 aromatic carbocycles. The molecule has 5 nitrogen and oxygen atoms in total. The fraction of sp³-hybridized carbons (Fsp3) is 0.286. The van der Waals surface area contributed by atoms with Crippen molar-refractivity contribution >= 4 is 34.1 Å². The van der Waals surface area contributed by atoms with Crippen molar-refractivity contribution in [2.45, 2.75) is 23.1 Å². The van der Waals surface area contributed by atoms with Crippen molar-refractivity contribution in [2.75, 3.05) is 17.7 Å². The average Bonchev–Trinajstić information content (AvgIpc) is 3.43. The van der Waals surface area contributed by atoms with Gasteiger partial charge in [-0.05, 0) is 36.5 Å². The lowest BCUT2D eigenvalue weighted by Gasteiger charge is -2.04. The number of anilines is 1. The van der Waals surface area contributed by atoms with Crippen molar-refractivity contribution in [3.63, 3.8) is 0 Å². The maximum absolute atomic E-state index is 12.4. The van der Waals surface area contributed by atoms with Crippen LogP contribution in [0, 0.1) is 5.92 Å². The summed E-state index contributed by atoms with van der Waals surface area (Å²) in [5.74, 6) is 2.19. The molecular weight excluding hydrogens is 390 g/mol. The van der Waals surface area contributed by atoms with Gasteiger partial charge in [0.15, 0.2) is 4.34 Å². The van der Waals surface area contributed by atoms with Crippen LogP contribution < -0.4 is 10.1 Å². The third-order valence-electron chi connectivity index (χ3n) is 4.52. The van der Waals surface area contributed by atoms with Crippen LogP contribution in [-0.4, -0.2) is 28.5 Å². The van der Waals surface area contributed by atoms with Gasteiger partial charge >= 0.3 is 0 Å². The maximum Gasteiger partial charge on any atom is 0.229 e. The average molecular weight is 412 g/mol. The van der Waals surface area contributed by atoms with Gasteiger partial charge in [-0.1, -0.05) is 71.6 Å². The molecule has 4 rings (SSSR count). The monoisotopic (exact) mass is 411 g/mol. The molecule has 0 spiro atoms. The van der Waals surface area contributed by atoms with Crippen molar-refractivity contribution < 1.29 is 9.53 Å². The van der Waals surface area contributed by atoms with Crippen LogP contribution in [0.5, 0.6) is 5.75 Å². The Hall–Kier alpha value is -2.38. The first-order valence-corrected chi connectivity index (χ1v) is 11.1. The molecule has 1 aromatic heterocycles. The number of carbonyl (C=O) groups is 1. The Labute approximate surface area is 172 Å². The largest absolute Gasteiger partial charge is 0.494 e.